The Bertz CT molecular complexity index is 752. The molecule has 0 unspecified atom stereocenters. The van der Waals surface area contributed by atoms with E-state index in [1.165, 1.54) is 0 Å². The summed E-state index contributed by atoms with van der Waals surface area (Å²) in [5.41, 5.74) is 0.247. The zero-order valence-corrected chi connectivity index (χ0v) is 11.7. The highest BCUT2D eigenvalue weighted by Crippen LogP contribution is 2.61. The van der Waals surface area contributed by atoms with Crippen molar-refractivity contribution in [2.45, 2.75) is 23.7 Å². The van der Waals surface area contributed by atoms with Crippen molar-refractivity contribution < 1.29 is 19.8 Å². The molecule has 4 heteroatoms. The first-order chi connectivity index (χ1) is 10.5. The van der Waals surface area contributed by atoms with Gasteiger partial charge in [0.2, 0.25) is 5.41 Å². The van der Waals surface area contributed by atoms with Crippen molar-refractivity contribution in [2.75, 3.05) is 0 Å². The van der Waals surface area contributed by atoms with E-state index in [9.17, 15) is 19.8 Å². The molecule has 4 nitrogen and oxygen atoms in total. The average Bonchev–Trinajstić information content (AvgIpc) is 3.29. The highest BCUT2D eigenvalue weighted by atomic mass is 16.4. The van der Waals surface area contributed by atoms with Gasteiger partial charge in [0, 0.05) is 5.41 Å². The van der Waals surface area contributed by atoms with Gasteiger partial charge in [-0.2, -0.15) is 0 Å². The quantitative estimate of drug-likeness (QED) is 0.835. The molecule has 0 aromatic heterocycles. The standard InChI is InChI=1S/C18H14O4/c19-15(20)18(16(21)22)13-7-3-1-5-11(13)17(9-10-17)12-6-2-4-8-14(12)18/h1-8H,9-10H2,(H,19,20)(H,21,22). The van der Waals surface area contributed by atoms with Crippen LogP contribution in [0.3, 0.4) is 0 Å². The minimum atomic E-state index is -2.03. The summed E-state index contributed by atoms with van der Waals surface area (Å²) in [5, 5.41) is 19.7. The second-order valence-electron chi connectivity index (χ2n) is 6.03. The van der Waals surface area contributed by atoms with Crippen molar-refractivity contribution in [1.82, 2.24) is 0 Å². The van der Waals surface area contributed by atoms with Crippen LogP contribution in [0, 0.1) is 0 Å². The molecule has 1 fully saturated rings. The van der Waals surface area contributed by atoms with E-state index in [2.05, 4.69) is 0 Å². The van der Waals surface area contributed by atoms with E-state index in [1.54, 1.807) is 24.3 Å². The molecule has 0 aliphatic heterocycles. The molecule has 0 radical (unpaired) electrons. The van der Waals surface area contributed by atoms with E-state index in [-0.39, 0.29) is 5.41 Å². The maximum Gasteiger partial charge on any atom is 0.330 e. The summed E-state index contributed by atoms with van der Waals surface area (Å²) in [4.78, 5) is 24.2. The van der Waals surface area contributed by atoms with Crippen molar-refractivity contribution in [3.63, 3.8) is 0 Å². The second-order valence-corrected chi connectivity index (χ2v) is 6.03. The van der Waals surface area contributed by atoms with Crippen LogP contribution < -0.4 is 0 Å². The van der Waals surface area contributed by atoms with E-state index in [0.717, 1.165) is 24.0 Å². The molecule has 2 aliphatic rings. The van der Waals surface area contributed by atoms with Gasteiger partial charge in [-0.15, -0.1) is 0 Å². The van der Waals surface area contributed by atoms with Crippen LogP contribution in [-0.4, -0.2) is 22.2 Å². The second kappa shape index (κ2) is 3.97. The van der Waals surface area contributed by atoms with Crippen LogP contribution in [-0.2, 0) is 20.4 Å². The number of carbonyl (C=O) groups is 2. The highest BCUT2D eigenvalue weighted by Gasteiger charge is 2.62. The van der Waals surface area contributed by atoms with Gasteiger partial charge in [-0.05, 0) is 35.1 Å². The lowest BCUT2D eigenvalue weighted by Gasteiger charge is -2.38. The first kappa shape index (κ1) is 13.1. The van der Waals surface area contributed by atoms with E-state index in [0.29, 0.717) is 11.1 Å². The summed E-state index contributed by atoms with van der Waals surface area (Å²) < 4.78 is 0. The van der Waals surface area contributed by atoms with Gasteiger partial charge < -0.3 is 10.2 Å². The lowest BCUT2D eigenvalue weighted by Crippen LogP contribution is -2.49. The van der Waals surface area contributed by atoms with Crippen LogP contribution in [0.25, 0.3) is 0 Å². The molecule has 1 spiro atoms. The fourth-order valence-electron chi connectivity index (χ4n) is 3.96. The van der Waals surface area contributed by atoms with Crippen LogP contribution in [0.15, 0.2) is 48.5 Å². The molecule has 2 aromatic rings. The monoisotopic (exact) mass is 294 g/mol. The van der Waals surface area contributed by atoms with Gasteiger partial charge in [-0.3, -0.25) is 9.59 Å². The predicted molar refractivity (Wildman–Crippen MR) is 78.9 cm³/mol. The lowest BCUT2D eigenvalue weighted by molar-refractivity contribution is -0.155. The predicted octanol–water partition coefficient (Wildman–Crippen LogP) is 2.54. The van der Waals surface area contributed by atoms with Crippen LogP contribution in [0.2, 0.25) is 0 Å². The number of carboxylic acid groups (broad SMARTS) is 2. The summed E-state index contributed by atoms with van der Waals surface area (Å²) in [6.07, 6.45) is 1.85. The first-order valence-electron chi connectivity index (χ1n) is 7.22. The molecule has 0 saturated heterocycles. The third kappa shape index (κ3) is 1.28. The molecule has 2 N–H and O–H groups in total. The smallest absolute Gasteiger partial charge is 0.330 e. The molecule has 22 heavy (non-hydrogen) atoms. The normalized spacial score (nSPS) is 19.1. The van der Waals surface area contributed by atoms with Crippen LogP contribution in [0.5, 0.6) is 0 Å². The molecule has 0 atom stereocenters. The third-order valence-corrected chi connectivity index (χ3v) is 5.08. The number of fused-ring (bicyclic) bond motifs is 4. The third-order valence-electron chi connectivity index (χ3n) is 5.08. The SMILES string of the molecule is O=C(O)C1(C(=O)O)c2ccccc2C2(CC2)c2ccccc21. The molecule has 110 valence electrons. The van der Waals surface area contributed by atoms with Gasteiger partial charge in [0.05, 0.1) is 0 Å². The van der Waals surface area contributed by atoms with Crippen molar-refractivity contribution in [3.8, 4) is 0 Å². The lowest BCUT2D eigenvalue weighted by atomic mass is 9.62. The zero-order valence-electron chi connectivity index (χ0n) is 11.7. The van der Waals surface area contributed by atoms with E-state index < -0.39 is 17.4 Å². The number of benzene rings is 2. The summed E-state index contributed by atoms with van der Waals surface area (Å²) in [7, 11) is 0. The topological polar surface area (TPSA) is 74.6 Å². The fraction of sp³-hybridized carbons (Fsp3) is 0.222. The Balaban J connectivity index is 2.18. The Morgan fingerprint density at radius 2 is 1.09 bits per heavy atom. The maximum absolute atomic E-state index is 12.1. The minimum Gasteiger partial charge on any atom is -0.480 e. The minimum absolute atomic E-state index is 0.207. The summed E-state index contributed by atoms with van der Waals surface area (Å²) in [5.74, 6) is -2.68. The van der Waals surface area contributed by atoms with E-state index in [1.807, 2.05) is 24.3 Å². The van der Waals surface area contributed by atoms with Crippen molar-refractivity contribution in [3.05, 3.63) is 70.8 Å². The Hall–Kier alpha value is -2.62. The van der Waals surface area contributed by atoms with Crippen molar-refractivity contribution >= 4 is 11.9 Å². The number of hydrogen-bond acceptors (Lipinski definition) is 2. The van der Waals surface area contributed by atoms with Crippen LogP contribution in [0.4, 0.5) is 0 Å². The zero-order chi connectivity index (χ0) is 15.5. The summed E-state index contributed by atoms with van der Waals surface area (Å²) in [6, 6.07) is 14.2. The number of hydrogen-bond donors (Lipinski definition) is 2. The Kier molecular flexibility index (Phi) is 2.36. The Morgan fingerprint density at radius 1 is 0.727 bits per heavy atom. The first-order valence-corrected chi connectivity index (χ1v) is 7.22. The van der Waals surface area contributed by atoms with Gasteiger partial charge in [0.15, 0.2) is 0 Å². The van der Waals surface area contributed by atoms with Crippen molar-refractivity contribution in [1.29, 1.82) is 0 Å². The van der Waals surface area contributed by atoms with Gasteiger partial charge >= 0.3 is 11.9 Å². The fourth-order valence-corrected chi connectivity index (χ4v) is 3.96. The number of rotatable bonds is 2. The molecule has 2 aliphatic carbocycles. The molecular formula is C18H14O4. The molecule has 0 amide bonds. The van der Waals surface area contributed by atoms with Gasteiger partial charge in [0.1, 0.15) is 0 Å². The summed E-state index contributed by atoms with van der Waals surface area (Å²) in [6.45, 7) is 0. The van der Waals surface area contributed by atoms with Crippen LogP contribution in [0.1, 0.15) is 35.1 Å². The largest absolute Gasteiger partial charge is 0.480 e. The highest BCUT2D eigenvalue weighted by molar-refractivity contribution is 6.10. The van der Waals surface area contributed by atoms with Gasteiger partial charge in [-0.25, -0.2) is 0 Å². The van der Waals surface area contributed by atoms with Crippen molar-refractivity contribution in [2.24, 2.45) is 0 Å². The van der Waals surface area contributed by atoms with Gasteiger partial charge in [0.25, 0.3) is 0 Å². The molecule has 0 heterocycles. The maximum atomic E-state index is 12.1. The van der Waals surface area contributed by atoms with E-state index in [4.69, 9.17) is 0 Å². The van der Waals surface area contributed by atoms with E-state index >= 15 is 0 Å². The summed E-state index contributed by atoms with van der Waals surface area (Å²) >= 11 is 0. The average molecular weight is 294 g/mol. The Labute approximate surface area is 127 Å². The molecule has 4 rings (SSSR count). The molecule has 2 aromatic carbocycles. The van der Waals surface area contributed by atoms with Gasteiger partial charge in [-0.1, -0.05) is 48.5 Å². The van der Waals surface area contributed by atoms with Crippen LogP contribution >= 0.6 is 0 Å². The molecular weight excluding hydrogens is 280 g/mol. The number of aliphatic carboxylic acids is 2. The molecule has 1 saturated carbocycles. The molecule has 0 bridgehead atoms. The Morgan fingerprint density at radius 3 is 1.41 bits per heavy atom. The number of carboxylic acids is 2.